The van der Waals surface area contributed by atoms with Crippen molar-refractivity contribution in [2.45, 2.75) is 45.1 Å². The van der Waals surface area contributed by atoms with Gasteiger partial charge in [-0.1, -0.05) is 0 Å². The molecule has 0 N–H and O–H groups in total. The van der Waals surface area contributed by atoms with Gasteiger partial charge < -0.3 is 23.4 Å². The molecule has 2 unspecified atom stereocenters. The lowest BCUT2D eigenvalue weighted by Gasteiger charge is -2.36. The maximum atomic E-state index is 6.22. The van der Waals surface area contributed by atoms with Gasteiger partial charge in [-0.2, -0.15) is 0 Å². The highest BCUT2D eigenvalue weighted by atomic mass is 28.4. The summed E-state index contributed by atoms with van der Waals surface area (Å²) < 4.78 is 18.0. The summed E-state index contributed by atoms with van der Waals surface area (Å²) in [5.41, 5.74) is 0. The monoisotopic (exact) mass is 316 g/mol. The molecular weight excluding hydrogens is 284 g/mol. The largest absolute Gasteiger partial charge is 0.389 e. The molecule has 0 saturated carbocycles. The van der Waals surface area contributed by atoms with E-state index in [1.54, 1.807) is 0 Å². The van der Waals surface area contributed by atoms with Crippen molar-refractivity contribution >= 4 is 8.56 Å². The van der Waals surface area contributed by atoms with E-state index >= 15 is 0 Å². The molecule has 2 heterocycles. The van der Waals surface area contributed by atoms with Crippen LogP contribution in [0.5, 0.6) is 0 Å². The van der Waals surface area contributed by atoms with Crippen LogP contribution in [-0.2, 0) is 13.6 Å². The molecule has 5 nitrogen and oxygen atoms in total. The fourth-order valence-electron chi connectivity index (χ4n) is 3.16. The van der Waals surface area contributed by atoms with Crippen LogP contribution >= 0.6 is 0 Å². The van der Waals surface area contributed by atoms with E-state index in [4.69, 9.17) is 13.6 Å². The molecule has 0 aromatic rings. The molecule has 0 radical (unpaired) electrons. The Morgan fingerprint density at radius 2 is 1.57 bits per heavy atom. The van der Waals surface area contributed by atoms with Gasteiger partial charge in [0, 0.05) is 26.2 Å². The third kappa shape index (κ3) is 5.96. The van der Waals surface area contributed by atoms with Gasteiger partial charge in [0.15, 0.2) is 0 Å². The van der Waals surface area contributed by atoms with E-state index in [2.05, 4.69) is 37.2 Å². The summed E-state index contributed by atoms with van der Waals surface area (Å²) >= 11 is 0. The van der Waals surface area contributed by atoms with Crippen molar-refractivity contribution in [3.05, 3.63) is 0 Å². The maximum Gasteiger partial charge on any atom is 0.335 e. The molecule has 0 bridgehead atoms. The number of rotatable bonds is 4. The van der Waals surface area contributed by atoms with Crippen molar-refractivity contribution in [1.29, 1.82) is 0 Å². The van der Waals surface area contributed by atoms with Crippen molar-refractivity contribution in [2.75, 3.05) is 53.0 Å². The lowest BCUT2D eigenvalue weighted by Crippen LogP contribution is -2.49. The van der Waals surface area contributed by atoms with Crippen LogP contribution in [0.2, 0.25) is 12.6 Å². The van der Waals surface area contributed by atoms with Gasteiger partial charge >= 0.3 is 8.56 Å². The Labute approximate surface area is 130 Å². The molecule has 6 heteroatoms. The summed E-state index contributed by atoms with van der Waals surface area (Å²) in [5, 5.41) is 0. The van der Waals surface area contributed by atoms with Gasteiger partial charge in [-0.3, -0.25) is 0 Å². The first-order valence-corrected chi connectivity index (χ1v) is 10.8. The van der Waals surface area contributed by atoms with Gasteiger partial charge in [-0.25, -0.2) is 0 Å². The van der Waals surface area contributed by atoms with Crippen LogP contribution in [-0.4, -0.2) is 83.6 Å². The van der Waals surface area contributed by atoms with Crippen LogP contribution in [0.25, 0.3) is 0 Å². The molecule has 0 aromatic heterocycles. The lowest BCUT2D eigenvalue weighted by atomic mass is 10.3. The van der Waals surface area contributed by atoms with Crippen LogP contribution in [0, 0.1) is 0 Å². The zero-order chi connectivity index (χ0) is 15.3. The minimum absolute atomic E-state index is 0.151. The number of hydrogen-bond donors (Lipinski definition) is 0. The predicted molar refractivity (Wildman–Crippen MR) is 86.9 cm³/mol. The molecule has 2 fully saturated rings. The van der Waals surface area contributed by atoms with Crippen molar-refractivity contribution in [3.8, 4) is 0 Å². The standard InChI is InChI=1S/C15H32N2O3Si/c1-14-12-18-13-15(2)20-21(4,19-14)11-5-6-17-9-7-16(3)8-10-17/h14-15H,5-13H2,1-4H3. The Hall–Kier alpha value is 0.0169. The van der Waals surface area contributed by atoms with Crippen molar-refractivity contribution < 1.29 is 13.6 Å². The lowest BCUT2D eigenvalue weighted by molar-refractivity contribution is -0.0372. The minimum Gasteiger partial charge on any atom is -0.389 e. The van der Waals surface area contributed by atoms with Gasteiger partial charge in [0.05, 0.1) is 25.4 Å². The number of nitrogens with zero attached hydrogens (tertiary/aromatic N) is 2. The highest BCUT2D eigenvalue weighted by Gasteiger charge is 2.36. The fourth-order valence-corrected chi connectivity index (χ4v) is 6.09. The quantitative estimate of drug-likeness (QED) is 0.735. The van der Waals surface area contributed by atoms with Crippen LogP contribution in [0.15, 0.2) is 0 Å². The van der Waals surface area contributed by atoms with E-state index in [0.717, 1.165) is 6.04 Å². The van der Waals surface area contributed by atoms with E-state index in [0.29, 0.717) is 13.2 Å². The predicted octanol–water partition coefficient (Wildman–Crippen LogP) is 1.54. The minimum atomic E-state index is -2.06. The van der Waals surface area contributed by atoms with Crippen molar-refractivity contribution in [3.63, 3.8) is 0 Å². The van der Waals surface area contributed by atoms with Gasteiger partial charge in [-0.15, -0.1) is 0 Å². The van der Waals surface area contributed by atoms with Crippen LogP contribution in [0.4, 0.5) is 0 Å². The summed E-state index contributed by atoms with van der Waals surface area (Å²) in [6.07, 6.45) is 1.47. The average Bonchev–Trinajstić information content (AvgIpc) is 2.39. The number of hydrogen-bond acceptors (Lipinski definition) is 5. The molecule has 124 valence electrons. The van der Waals surface area contributed by atoms with Crippen LogP contribution in [0.1, 0.15) is 20.3 Å². The molecule has 2 atom stereocenters. The third-order valence-corrected chi connectivity index (χ3v) is 7.37. The Morgan fingerprint density at radius 3 is 2.14 bits per heavy atom. The highest BCUT2D eigenvalue weighted by Crippen LogP contribution is 2.22. The summed E-state index contributed by atoms with van der Waals surface area (Å²) in [4.78, 5) is 4.97. The Morgan fingerprint density at radius 1 is 1.00 bits per heavy atom. The molecular formula is C15H32N2O3Si. The SMILES string of the molecule is CC1COCC(C)O[Si](C)(CCCN2CCN(C)CC2)O1. The van der Waals surface area contributed by atoms with Gasteiger partial charge in [0.25, 0.3) is 0 Å². The topological polar surface area (TPSA) is 34.2 Å². The summed E-state index contributed by atoms with van der Waals surface area (Å²) in [6.45, 7) is 13.7. The number of likely N-dealkylation sites (N-methyl/N-ethyl adjacent to an activating group) is 1. The second-order valence-electron chi connectivity index (χ2n) is 6.78. The molecule has 0 aliphatic carbocycles. The van der Waals surface area contributed by atoms with E-state index in [1.807, 2.05) is 0 Å². The second-order valence-corrected chi connectivity index (χ2v) is 10.0. The number of ether oxygens (including phenoxy) is 1. The molecule has 2 aliphatic rings. The van der Waals surface area contributed by atoms with Crippen LogP contribution in [0.3, 0.4) is 0 Å². The van der Waals surface area contributed by atoms with Gasteiger partial charge in [-0.05, 0) is 46.5 Å². The summed E-state index contributed by atoms with van der Waals surface area (Å²) in [7, 11) is 0.140. The van der Waals surface area contributed by atoms with Crippen LogP contribution < -0.4 is 0 Å². The molecule has 0 aromatic carbocycles. The fraction of sp³-hybridized carbons (Fsp3) is 1.00. The molecule has 2 saturated heterocycles. The average molecular weight is 317 g/mol. The van der Waals surface area contributed by atoms with E-state index < -0.39 is 8.56 Å². The van der Waals surface area contributed by atoms with Crippen molar-refractivity contribution in [2.24, 2.45) is 0 Å². The summed E-state index contributed by atoms with van der Waals surface area (Å²) in [5.74, 6) is 0. The van der Waals surface area contributed by atoms with Crippen molar-refractivity contribution in [1.82, 2.24) is 9.80 Å². The summed E-state index contributed by atoms with van der Waals surface area (Å²) in [6, 6.07) is 1.08. The first-order valence-electron chi connectivity index (χ1n) is 8.31. The maximum absolute atomic E-state index is 6.22. The zero-order valence-electron chi connectivity index (χ0n) is 14.1. The van der Waals surface area contributed by atoms with E-state index in [9.17, 15) is 0 Å². The smallest absolute Gasteiger partial charge is 0.335 e. The molecule has 2 aliphatic heterocycles. The highest BCUT2D eigenvalue weighted by molar-refractivity contribution is 6.66. The van der Waals surface area contributed by atoms with Gasteiger partial charge in [0.2, 0.25) is 0 Å². The third-order valence-electron chi connectivity index (χ3n) is 4.31. The Balaban J connectivity index is 1.76. The second kappa shape index (κ2) is 8.03. The first-order chi connectivity index (χ1) is 9.97. The molecule has 21 heavy (non-hydrogen) atoms. The molecule has 0 spiro atoms. The Kier molecular flexibility index (Phi) is 6.65. The Bertz CT molecular complexity index is 299. The number of piperazine rings is 1. The zero-order valence-corrected chi connectivity index (χ0v) is 15.1. The first kappa shape index (κ1) is 17.4. The normalized spacial score (nSPS) is 37.1. The van der Waals surface area contributed by atoms with Gasteiger partial charge in [0.1, 0.15) is 0 Å². The van der Waals surface area contributed by atoms with E-state index in [-0.39, 0.29) is 12.2 Å². The molecule has 2 rings (SSSR count). The molecule has 0 amide bonds. The van der Waals surface area contributed by atoms with E-state index in [1.165, 1.54) is 39.1 Å².